The molecular weight excluding hydrogens is 222 g/mol. The first-order valence-corrected chi connectivity index (χ1v) is 8.05. The Morgan fingerprint density at radius 1 is 1.00 bits per heavy atom. The van der Waals surface area contributed by atoms with Crippen molar-refractivity contribution < 1.29 is 4.79 Å². The molecular formula is C16H27NO. The van der Waals surface area contributed by atoms with E-state index < -0.39 is 0 Å². The molecule has 0 spiro atoms. The first kappa shape index (κ1) is 12.5. The Labute approximate surface area is 111 Å². The van der Waals surface area contributed by atoms with Crippen molar-refractivity contribution in [1.29, 1.82) is 0 Å². The smallest absolute Gasteiger partial charge is 0.220 e. The summed E-state index contributed by atoms with van der Waals surface area (Å²) >= 11 is 0. The zero-order valence-electron chi connectivity index (χ0n) is 11.7. The topological polar surface area (TPSA) is 29.1 Å². The summed E-state index contributed by atoms with van der Waals surface area (Å²) in [5, 5.41) is 3.38. The van der Waals surface area contributed by atoms with Gasteiger partial charge in [-0.2, -0.15) is 0 Å². The lowest BCUT2D eigenvalue weighted by molar-refractivity contribution is -0.125. The molecule has 0 aromatic rings. The number of carbonyl (C=O) groups excluding carboxylic acids is 1. The molecule has 0 heterocycles. The molecule has 4 bridgehead atoms. The Balaban J connectivity index is 1.52. The van der Waals surface area contributed by atoms with Crippen molar-refractivity contribution in [2.75, 3.05) is 0 Å². The Kier molecular flexibility index (Phi) is 3.63. The maximum Gasteiger partial charge on any atom is 0.220 e. The van der Waals surface area contributed by atoms with Crippen LogP contribution in [0.25, 0.3) is 0 Å². The predicted molar refractivity (Wildman–Crippen MR) is 73.1 cm³/mol. The maximum absolute atomic E-state index is 12.0. The van der Waals surface area contributed by atoms with Crippen LogP contribution in [-0.4, -0.2) is 11.9 Å². The van der Waals surface area contributed by atoms with Crippen LogP contribution < -0.4 is 5.32 Å². The number of carbonyl (C=O) groups is 1. The fourth-order valence-corrected chi connectivity index (χ4v) is 4.95. The average molecular weight is 249 g/mol. The molecule has 0 saturated heterocycles. The average Bonchev–Trinajstić information content (AvgIpc) is 2.33. The molecule has 4 aliphatic rings. The molecule has 1 N–H and O–H groups in total. The van der Waals surface area contributed by atoms with E-state index in [0.29, 0.717) is 11.9 Å². The molecule has 2 heteroatoms. The maximum atomic E-state index is 12.0. The van der Waals surface area contributed by atoms with E-state index in [0.717, 1.165) is 36.5 Å². The molecule has 18 heavy (non-hydrogen) atoms. The Morgan fingerprint density at radius 2 is 1.61 bits per heavy atom. The van der Waals surface area contributed by atoms with Gasteiger partial charge in [0.25, 0.3) is 0 Å². The summed E-state index contributed by atoms with van der Waals surface area (Å²) in [6.45, 7) is 2.19. The number of nitrogens with one attached hydrogen (secondary N) is 1. The predicted octanol–water partition coefficient (Wildman–Crippen LogP) is 3.51. The number of unbranched alkanes of at least 4 members (excludes halogenated alkanes) is 2. The zero-order chi connectivity index (χ0) is 12.5. The highest BCUT2D eigenvalue weighted by atomic mass is 16.1. The highest BCUT2D eigenvalue weighted by Crippen LogP contribution is 2.53. The van der Waals surface area contributed by atoms with E-state index >= 15 is 0 Å². The number of amides is 1. The summed E-state index contributed by atoms with van der Waals surface area (Å²) in [6, 6.07) is 0.534. The third-order valence-electron chi connectivity index (χ3n) is 5.56. The largest absolute Gasteiger partial charge is 0.353 e. The number of rotatable bonds is 5. The molecule has 4 rings (SSSR count). The standard InChI is InChI=1S/C16H27NO/c1-2-3-4-5-15(18)17-16-13-7-11-6-12(9-13)10-14(16)8-11/h11-14,16H,2-10H2,1H3,(H,17,18). The summed E-state index contributed by atoms with van der Waals surface area (Å²) in [5.41, 5.74) is 0. The van der Waals surface area contributed by atoms with Gasteiger partial charge in [0, 0.05) is 12.5 Å². The Morgan fingerprint density at radius 3 is 2.17 bits per heavy atom. The van der Waals surface area contributed by atoms with Crippen LogP contribution >= 0.6 is 0 Å². The summed E-state index contributed by atoms with van der Waals surface area (Å²) < 4.78 is 0. The molecule has 0 unspecified atom stereocenters. The second-order valence-corrected chi connectivity index (χ2v) is 6.98. The van der Waals surface area contributed by atoms with E-state index in [1.165, 1.54) is 44.9 Å². The molecule has 0 aromatic heterocycles. The van der Waals surface area contributed by atoms with Crippen LogP contribution in [0.15, 0.2) is 0 Å². The molecule has 0 radical (unpaired) electrons. The van der Waals surface area contributed by atoms with E-state index in [2.05, 4.69) is 12.2 Å². The molecule has 0 aromatic carbocycles. The van der Waals surface area contributed by atoms with Crippen LogP contribution in [0.1, 0.15) is 64.7 Å². The minimum atomic E-state index is 0.320. The van der Waals surface area contributed by atoms with Crippen molar-refractivity contribution in [3.8, 4) is 0 Å². The van der Waals surface area contributed by atoms with Gasteiger partial charge >= 0.3 is 0 Å². The van der Waals surface area contributed by atoms with E-state index in [4.69, 9.17) is 0 Å². The van der Waals surface area contributed by atoms with Gasteiger partial charge in [-0.1, -0.05) is 19.8 Å². The van der Waals surface area contributed by atoms with Gasteiger partial charge < -0.3 is 5.32 Å². The van der Waals surface area contributed by atoms with Gasteiger partial charge in [-0.25, -0.2) is 0 Å². The Hall–Kier alpha value is -0.530. The van der Waals surface area contributed by atoms with Crippen molar-refractivity contribution in [2.45, 2.75) is 70.8 Å². The summed E-state index contributed by atoms with van der Waals surface area (Å²) in [6.07, 6.45) is 11.3. The van der Waals surface area contributed by atoms with Crippen LogP contribution in [-0.2, 0) is 4.79 Å². The molecule has 4 aliphatic carbocycles. The van der Waals surface area contributed by atoms with E-state index in [-0.39, 0.29) is 0 Å². The molecule has 4 fully saturated rings. The third-order valence-corrected chi connectivity index (χ3v) is 5.56. The van der Waals surface area contributed by atoms with Gasteiger partial charge in [0.05, 0.1) is 0 Å². The van der Waals surface area contributed by atoms with E-state index in [9.17, 15) is 4.79 Å². The minimum absolute atomic E-state index is 0.320. The highest BCUT2D eigenvalue weighted by molar-refractivity contribution is 5.76. The lowest BCUT2D eigenvalue weighted by atomic mass is 9.54. The fourth-order valence-electron chi connectivity index (χ4n) is 4.95. The van der Waals surface area contributed by atoms with Gasteiger partial charge in [-0.3, -0.25) is 4.79 Å². The molecule has 0 atom stereocenters. The second kappa shape index (κ2) is 5.22. The van der Waals surface area contributed by atoms with Crippen LogP contribution in [0.3, 0.4) is 0 Å². The fraction of sp³-hybridized carbons (Fsp3) is 0.938. The third kappa shape index (κ3) is 2.44. The molecule has 0 aliphatic heterocycles. The first-order chi connectivity index (χ1) is 8.76. The minimum Gasteiger partial charge on any atom is -0.353 e. The van der Waals surface area contributed by atoms with Crippen LogP contribution in [0.5, 0.6) is 0 Å². The van der Waals surface area contributed by atoms with E-state index in [1.807, 2.05) is 0 Å². The molecule has 1 amide bonds. The first-order valence-electron chi connectivity index (χ1n) is 8.05. The van der Waals surface area contributed by atoms with Crippen molar-refractivity contribution >= 4 is 5.91 Å². The van der Waals surface area contributed by atoms with Crippen LogP contribution in [0, 0.1) is 23.7 Å². The summed E-state index contributed by atoms with van der Waals surface area (Å²) in [7, 11) is 0. The van der Waals surface area contributed by atoms with E-state index in [1.54, 1.807) is 0 Å². The van der Waals surface area contributed by atoms with Crippen molar-refractivity contribution in [3.63, 3.8) is 0 Å². The van der Waals surface area contributed by atoms with Crippen molar-refractivity contribution in [1.82, 2.24) is 5.32 Å². The highest BCUT2D eigenvalue weighted by Gasteiger charge is 2.48. The van der Waals surface area contributed by atoms with Gasteiger partial charge in [0.15, 0.2) is 0 Å². The summed E-state index contributed by atoms with van der Waals surface area (Å²) in [4.78, 5) is 12.0. The SMILES string of the molecule is CCCCCC(=O)NC1C2CC3CC(C2)CC1C3. The van der Waals surface area contributed by atoms with Gasteiger partial charge in [-0.15, -0.1) is 0 Å². The van der Waals surface area contributed by atoms with Crippen molar-refractivity contribution in [3.05, 3.63) is 0 Å². The van der Waals surface area contributed by atoms with Gasteiger partial charge in [-0.05, 0) is 62.2 Å². The lowest BCUT2D eigenvalue weighted by Crippen LogP contribution is -2.55. The normalized spacial score (nSPS) is 41.1. The number of hydrogen-bond acceptors (Lipinski definition) is 1. The molecule has 102 valence electrons. The molecule has 4 saturated carbocycles. The quantitative estimate of drug-likeness (QED) is 0.742. The molecule has 2 nitrogen and oxygen atoms in total. The zero-order valence-corrected chi connectivity index (χ0v) is 11.7. The van der Waals surface area contributed by atoms with Gasteiger partial charge in [0.1, 0.15) is 0 Å². The summed E-state index contributed by atoms with van der Waals surface area (Å²) in [5.74, 6) is 3.95. The van der Waals surface area contributed by atoms with Crippen LogP contribution in [0.4, 0.5) is 0 Å². The van der Waals surface area contributed by atoms with Crippen LogP contribution in [0.2, 0.25) is 0 Å². The van der Waals surface area contributed by atoms with Crippen molar-refractivity contribution in [2.24, 2.45) is 23.7 Å². The number of hydrogen-bond donors (Lipinski definition) is 1. The lowest BCUT2D eigenvalue weighted by Gasteiger charge is -2.54. The Bertz CT molecular complexity index is 284. The monoisotopic (exact) mass is 249 g/mol. The van der Waals surface area contributed by atoms with Gasteiger partial charge in [0.2, 0.25) is 5.91 Å². The second-order valence-electron chi connectivity index (χ2n) is 6.98.